The van der Waals surface area contributed by atoms with Crippen LogP contribution in [0, 0.1) is 13.8 Å². The average molecular weight is 736 g/mol. The van der Waals surface area contributed by atoms with Gasteiger partial charge >= 0.3 is 0 Å². The zero-order chi connectivity index (χ0) is 38.0. The maximum absolute atomic E-state index is 14.4. The lowest BCUT2D eigenvalue weighted by Crippen LogP contribution is -2.65. The van der Waals surface area contributed by atoms with Gasteiger partial charge in [0.25, 0.3) is 0 Å². The fourth-order valence-corrected chi connectivity index (χ4v) is 7.89. The van der Waals surface area contributed by atoms with Gasteiger partial charge in [-0.1, -0.05) is 48.0 Å². The molecule has 0 unspecified atom stereocenters. The summed E-state index contributed by atoms with van der Waals surface area (Å²) >= 11 is 1.53. The predicted octanol–water partition coefficient (Wildman–Crippen LogP) is 2.49. The van der Waals surface area contributed by atoms with Crippen molar-refractivity contribution in [1.29, 1.82) is 0 Å². The Balaban J connectivity index is 1.79. The fourth-order valence-electron chi connectivity index (χ4n) is 6.81. The van der Waals surface area contributed by atoms with Crippen LogP contribution in [-0.4, -0.2) is 95.1 Å². The van der Waals surface area contributed by atoms with E-state index in [0.29, 0.717) is 50.9 Å². The summed E-state index contributed by atoms with van der Waals surface area (Å²) in [6.45, 7) is 12.2. The number of benzene rings is 2. The van der Waals surface area contributed by atoms with Gasteiger partial charge < -0.3 is 32.3 Å². The number of hydrogen-bond donors (Lipinski definition) is 6. The van der Waals surface area contributed by atoms with Gasteiger partial charge in [0, 0.05) is 22.6 Å². The number of carbonyl (C=O) groups is 5. The Morgan fingerprint density at radius 2 is 1.60 bits per heavy atom. The van der Waals surface area contributed by atoms with Crippen molar-refractivity contribution < 1.29 is 24.0 Å². The van der Waals surface area contributed by atoms with Crippen molar-refractivity contribution in [1.82, 2.24) is 31.5 Å². The molecule has 2 fully saturated rings. The number of carbonyl (C=O) groups excluding carboxylic acids is 5. The van der Waals surface area contributed by atoms with Gasteiger partial charge in [-0.25, -0.2) is 0 Å². The van der Waals surface area contributed by atoms with E-state index in [9.17, 15) is 24.0 Å². The topological polar surface area (TPSA) is 175 Å². The van der Waals surface area contributed by atoms with Crippen LogP contribution < -0.4 is 32.3 Å². The highest BCUT2D eigenvalue weighted by atomic mass is 32.2. The Hall–Kier alpha value is -3.94. The largest absolute Gasteiger partial charge is 0.350 e. The summed E-state index contributed by atoms with van der Waals surface area (Å²) in [5.74, 6) is -1.89. The van der Waals surface area contributed by atoms with Crippen molar-refractivity contribution in [3.8, 4) is 0 Å². The van der Waals surface area contributed by atoms with Crippen LogP contribution in [0.2, 0.25) is 0 Å². The Bertz CT molecular complexity index is 1570. The standard InChI is InChI=1S/C39H57N7O5S/c1-24-17-18-32(25(2)21-24)52-23-30-33(38(51)45-39(4,5)6)46-20-12-16-31(46)37(50)41-26(3)34(47)43-29(22-27-13-8-7-9-14-27)36(49)42-28(35(48)44-30)15-10-11-19-40/h7-9,13-14,17-18,21,26,28-31,33H,10-12,15-16,19-20,22-23,40H2,1-6H3,(H,41,50)(H,42,49)(H,43,47)(H,44,48)(H,45,51)/t26-,28+,29-,30+,31+,33+/m1/s1. The van der Waals surface area contributed by atoms with Gasteiger partial charge in [-0.15, -0.1) is 11.8 Å². The molecule has 6 atom stereocenters. The average Bonchev–Trinajstić information content (AvgIpc) is 3.55. The third-order valence-corrected chi connectivity index (χ3v) is 10.7. The van der Waals surface area contributed by atoms with E-state index in [2.05, 4.69) is 32.7 Å². The third-order valence-electron chi connectivity index (χ3n) is 9.43. The van der Waals surface area contributed by atoms with Crippen molar-refractivity contribution in [3.63, 3.8) is 0 Å². The van der Waals surface area contributed by atoms with Gasteiger partial charge in [-0.3, -0.25) is 28.9 Å². The summed E-state index contributed by atoms with van der Waals surface area (Å²) in [5, 5.41) is 14.9. The second-order valence-electron chi connectivity index (χ2n) is 15.1. The summed E-state index contributed by atoms with van der Waals surface area (Å²) in [5.41, 5.74) is 8.23. The summed E-state index contributed by atoms with van der Waals surface area (Å²) in [6, 6.07) is 10.1. The first-order valence-electron chi connectivity index (χ1n) is 18.4. The molecule has 0 aliphatic carbocycles. The number of thioether (sulfide) groups is 1. The SMILES string of the molecule is Cc1ccc(SC[C@@H]2NC(=O)[C@H](CCCCN)NC(=O)[C@@H](Cc3ccccc3)NC(=O)[C@@H](C)NC(=O)[C@@H]3CCCN3[C@@H]2C(=O)NC(C)(C)C)c(C)c1. The minimum absolute atomic E-state index is 0.177. The Labute approximate surface area is 312 Å². The Morgan fingerprint density at radius 3 is 2.27 bits per heavy atom. The second kappa shape index (κ2) is 18.7. The molecule has 4 rings (SSSR count). The van der Waals surface area contributed by atoms with Crippen LogP contribution in [0.4, 0.5) is 0 Å². The van der Waals surface area contributed by atoms with Crippen LogP contribution in [0.5, 0.6) is 0 Å². The van der Waals surface area contributed by atoms with Gasteiger partial charge in [-0.2, -0.15) is 0 Å². The number of rotatable bonds is 10. The predicted molar refractivity (Wildman–Crippen MR) is 204 cm³/mol. The van der Waals surface area contributed by atoms with Crippen LogP contribution >= 0.6 is 11.8 Å². The normalized spacial score (nSPS) is 25.1. The van der Waals surface area contributed by atoms with Crippen LogP contribution in [0.15, 0.2) is 53.4 Å². The minimum atomic E-state index is -1.02. The molecule has 13 heteroatoms. The van der Waals surface area contributed by atoms with Crippen LogP contribution in [0.3, 0.4) is 0 Å². The molecule has 0 bridgehead atoms. The summed E-state index contributed by atoms with van der Waals surface area (Å²) in [6.07, 6.45) is 2.83. The maximum atomic E-state index is 14.4. The van der Waals surface area contributed by atoms with Crippen LogP contribution in [0.1, 0.15) is 76.5 Å². The smallest absolute Gasteiger partial charge is 0.243 e. The Kier molecular flexibility index (Phi) is 14.7. The van der Waals surface area contributed by atoms with E-state index >= 15 is 0 Å². The van der Waals surface area contributed by atoms with Crippen LogP contribution in [-0.2, 0) is 30.4 Å². The zero-order valence-electron chi connectivity index (χ0n) is 31.4. The van der Waals surface area contributed by atoms with E-state index in [1.165, 1.54) is 11.8 Å². The third kappa shape index (κ3) is 11.5. The van der Waals surface area contributed by atoms with E-state index in [-0.39, 0.29) is 18.2 Å². The molecule has 12 nitrogen and oxygen atoms in total. The molecule has 2 heterocycles. The number of nitrogens with two attached hydrogens (primary N) is 1. The van der Waals surface area contributed by atoms with E-state index < -0.39 is 59.5 Å². The first-order valence-corrected chi connectivity index (χ1v) is 19.4. The molecule has 2 aromatic rings. The highest BCUT2D eigenvalue weighted by molar-refractivity contribution is 7.99. The van der Waals surface area contributed by atoms with E-state index in [1.807, 2.05) is 82.0 Å². The quantitative estimate of drug-likeness (QED) is 0.160. The highest BCUT2D eigenvalue weighted by Crippen LogP contribution is 2.29. The molecule has 284 valence electrons. The molecule has 52 heavy (non-hydrogen) atoms. The number of unbranched alkanes of at least 4 members (excludes halogenated alkanes) is 1. The maximum Gasteiger partial charge on any atom is 0.243 e. The summed E-state index contributed by atoms with van der Waals surface area (Å²) in [4.78, 5) is 73.2. The molecular formula is C39H57N7O5S. The Morgan fingerprint density at radius 1 is 0.904 bits per heavy atom. The number of fused-ring (bicyclic) bond motifs is 1. The summed E-state index contributed by atoms with van der Waals surface area (Å²) < 4.78 is 0. The molecule has 2 saturated heterocycles. The van der Waals surface area contributed by atoms with Crippen molar-refractivity contribution in [2.75, 3.05) is 18.8 Å². The molecular weight excluding hydrogens is 679 g/mol. The number of nitrogens with zero attached hydrogens (tertiary/aromatic N) is 1. The van der Waals surface area contributed by atoms with Gasteiger partial charge in [0.05, 0.1) is 12.1 Å². The minimum Gasteiger partial charge on any atom is -0.350 e. The first-order chi connectivity index (χ1) is 24.7. The number of amides is 5. The molecule has 2 aliphatic heterocycles. The molecule has 0 saturated carbocycles. The zero-order valence-corrected chi connectivity index (χ0v) is 32.2. The number of aryl methyl sites for hydroxylation is 2. The second-order valence-corrected chi connectivity index (χ2v) is 16.2. The molecule has 0 aromatic heterocycles. The number of hydrogen-bond acceptors (Lipinski definition) is 8. The van der Waals surface area contributed by atoms with Gasteiger partial charge in [0.2, 0.25) is 29.5 Å². The molecule has 0 spiro atoms. The molecule has 2 aliphatic rings. The molecule has 2 aromatic carbocycles. The van der Waals surface area contributed by atoms with Gasteiger partial charge in [0.1, 0.15) is 24.2 Å². The lowest BCUT2D eigenvalue weighted by atomic mass is 10.0. The highest BCUT2D eigenvalue weighted by Gasteiger charge is 2.45. The van der Waals surface area contributed by atoms with Gasteiger partial charge in [0.15, 0.2) is 0 Å². The van der Waals surface area contributed by atoms with E-state index in [4.69, 9.17) is 5.73 Å². The van der Waals surface area contributed by atoms with Crippen molar-refractivity contribution >= 4 is 41.3 Å². The molecule has 7 N–H and O–H groups in total. The van der Waals surface area contributed by atoms with E-state index in [1.54, 1.807) is 6.92 Å². The van der Waals surface area contributed by atoms with Crippen molar-refractivity contribution in [3.05, 3.63) is 65.2 Å². The fraction of sp³-hybridized carbons (Fsp3) is 0.564. The van der Waals surface area contributed by atoms with Crippen LogP contribution in [0.25, 0.3) is 0 Å². The lowest BCUT2D eigenvalue weighted by Gasteiger charge is -2.39. The van der Waals surface area contributed by atoms with Crippen molar-refractivity contribution in [2.45, 2.75) is 127 Å². The molecule has 0 radical (unpaired) electrons. The monoisotopic (exact) mass is 735 g/mol. The molecule has 5 amide bonds. The van der Waals surface area contributed by atoms with Crippen molar-refractivity contribution in [2.24, 2.45) is 5.73 Å². The number of nitrogens with one attached hydrogen (secondary N) is 5. The lowest BCUT2D eigenvalue weighted by molar-refractivity contribution is -0.135. The first kappa shape index (κ1) is 40.8. The van der Waals surface area contributed by atoms with E-state index in [0.717, 1.165) is 21.6 Å². The van der Waals surface area contributed by atoms with Gasteiger partial charge in [-0.05, 0) is 104 Å². The summed E-state index contributed by atoms with van der Waals surface area (Å²) in [7, 11) is 0.